The topological polar surface area (TPSA) is 84.1 Å². The standard InChI is InChI=1S/C12H21N5O/c1-3-5-6-17(9-10(13)18)12-8-14-7-11(16-12)15-4-2/h7-8H,3-6,9H2,1-2H3,(H2,13,18)(H,15,16). The van der Waals surface area contributed by atoms with E-state index in [-0.39, 0.29) is 12.5 Å². The smallest absolute Gasteiger partial charge is 0.236 e. The second-order valence-corrected chi connectivity index (χ2v) is 4.03. The molecule has 0 aliphatic rings. The molecule has 1 aromatic heterocycles. The van der Waals surface area contributed by atoms with E-state index in [0.29, 0.717) is 11.6 Å². The number of rotatable bonds is 8. The summed E-state index contributed by atoms with van der Waals surface area (Å²) in [5.41, 5.74) is 5.25. The van der Waals surface area contributed by atoms with Crippen LogP contribution in [-0.4, -0.2) is 35.5 Å². The number of amides is 1. The van der Waals surface area contributed by atoms with Gasteiger partial charge in [0.1, 0.15) is 11.6 Å². The molecule has 0 unspecified atom stereocenters. The molecule has 0 saturated heterocycles. The average molecular weight is 251 g/mol. The third-order valence-corrected chi connectivity index (χ3v) is 2.43. The second kappa shape index (κ2) is 7.47. The normalized spacial score (nSPS) is 10.1. The lowest BCUT2D eigenvalue weighted by atomic mass is 10.3. The number of nitrogens with one attached hydrogen (secondary N) is 1. The van der Waals surface area contributed by atoms with Crippen LogP contribution in [-0.2, 0) is 4.79 Å². The number of nitrogens with zero attached hydrogens (tertiary/aromatic N) is 3. The zero-order valence-corrected chi connectivity index (χ0v) is 11.0. The minimum Gasteiger partial charge on any atom is -0.369 e. The summed E-state index contributed by atoms with van der Waals surface area (Å²) >= 11 is 0. The van der Waals surface area contributed by atoms with Crippen molar-refractivity contribution in [2.75, 3.05) is 29.9 Å². The molecule has 0 fully saturated rings. The van der Waals surface area contributed by atoms with Crippen LogP contribution in [0.2, 0.25) is 0 Å². The van der Waals surface area contributed by atoms with E-state index in [0.717, 1.165) is 25.9 Å². The van der Waals surface area contributed by atoms with Crippen LogP contribution in [0.4, 0.5) is 11.6 Å². The maximum Gasteiger partial charge on any atom is 0.236 e. The fourth-order valence-electron chi connectivity index (χ4n) is 1.59. The number of hydrogen-bond donors (Lipinski definition) is 2. The van der Waals surface area contributed by atoms with Crippen LogP contribution in [0.25, 0.3) is 0 Å². The molecule has 1 rings (SSSR count). The number of carbonyl (C=O) groups is 1. The first-order valence-electron chi connectivity index (χ1n) is 6.26. The van der Waals surface area contributed by atoms with Gasteiger partial charge in [0.25, 0.3) is 0 Å². The van der Waals surface area contributed by atoms with Crippen molar-refractivity contribution in [3.63, 3.8) is 0 Å². The summed E-state index contributed by atoms with van der Waals surface area (Å²) in [5, 5.41) is 3.10. The lowest BCUT2D eigenvalue weighted by molar-refractivity contribution is -0.116. The van der Waals surface area contributed by atoms with E-state index in [1.54, 1.807) is 12.4 Å². The molecule has 0 atom stereocenters. The predicted octanol–water partition coefficient (Wildman–Crippen LogP) is 1.00. The van der Waals surface area contributed by atoms with Gasteiger partial charge in [0.05, 0.1) is 18.9 Å². The Labute approximate surface area is 108 Å². The van der Waals surface area contributed by atoms with E-state index >= 15 is 0 Å². The van der Waals surface area contributed by atoms with Crippen molar-refractivity contribution in [3.05, 3.63) is 12.4 Å². The summed E-state index contributed by atoms with van der Waals surface area (Å²) in [7, 11) is 0. The zero-order valence-electron chi connectivity index (χ0n) is 11.0. The highest BCUT2D eigenvalue weighted by Crippen LogP contribution is 2.12. The van der Waals surface area contributed by atoms with Crippen LogP contribution in [0.5, 0.6) is 0 Å². The van der Waals surface area contributed by atoms with Gasteiger partial charge in [0.15, 0.2) is 0 Å². The van der Waals surface area contributed by atoms with Crippen LogP contribution in [0, 0.1) is 0 Å². The highest BCUT2D eigenvalue weighted by molar-refractivity contribution is 5.79. The molecule has 6 heteroatoms. The summed E-state index contributed by atoms with van der Waals surface area (Å²) in [6.45, 7) is 5.80. The number of primary amides is 1. The van der Waals surface area contributed by atoms with Gasteiger partial charge in [0.2, 0.25) is 5.91 Å². The van der Waals surface area contributed by atoms with Crippen LogP contribution < -0.4 is 16.0 Å². The molecule has 0 saturated carbocycles. The van der Waals surface area contributed by atoms with Crippen LogP contribution >= 0.6 is 0 Å². The first kappa shape index (κ1) is 14.2. The van der Waals surface area contributed by atoms with Gasteiger partial charge >= 0.3 is 0 Å². The van der Waals surface area contributed by atoms with Crippen LogP contribution in [0.15, 0.2) is 12.4 Å². The summed E-state index contributed by atoms with van der Waals surface area (Å²) in [5.74, 6) is 1.03. The number of unbranched alkanes of at least 4 members (excludes halogenated alkanes) is 1. The van der Waals surface area contributed by atoms with Crippen molar-refractivity contribution < 1.29 is 4.79 Å². The van der Waals surface area contributed by atoms with Crippen molar-refractivity contribution in [1.29, 1.82) is 0 Å². The monoisotopic (exact) mass is 251 g/mol. The van der Waals surface area contributed by atoms with E-state index in [1.807, 2.05) is 11.8 Å². The molecule has 0 aromatic carbocycles. The quantitative estimate of drug-likeness (QED) is 0.720. The molecule has 0 aliphatic carbocycles. The lowest BCUT2D eigenvalue weighted by Crippen LogP contribution is -2.35. The molecule has 18 heavy (non-hydrogen) atoms. The summed E-state index contributed by atoms with van der Waals surface area (Å²) in [4.78, 5) is 21.5. The number of hydrogen-bond acceptors (Lipinski definition) is 5. The summed E-state index contributed by atoms with van der Waals surface area (Å²) in [6.07, 6.45) is 5.35. The van der Waals surface area contributed by atoms with Gasteiger partial charge in [-0.05, 0) is 13.3 Å². The molecule has 0 bridgehead atoms. The van der Waals surface area contributed by atoms with E-state index < -0.39 is 0 Å². The maximum atomic E-state index is 11.1. The summed E-state index contributed by atoms with van der Waals surface area (Å²) in [6, 6.07) is 0. The Morgan fingerprint density at radius 2 is 2.22 bits per heavy atom. The first-order valence-corrected chi connectivity index (χ1v) is 6.26. The van der Waals surface area contributed by atoms with Crippen LogP contribution in [0.3, 0.4) is 0 Å². The molecule has 1 aromatic rings. The van der Waals surface area contributed by atoms with E-state index in [4.69, 9.17) is 5.73 Å². The Hall–Kier alpha value is -1.85. The van der Waals surface area contributed by atoms with Crippen molar-refractivity contribution in [2.45, 2.75) is 26.7 Å². The molecule has 1 heterocycles. The van der Waals surface area contributed by atoms with Gasteiger partial charge in [-0.15, -0.1) is 0 Å². The Morgan fingerprint density at radius 1 is 1.44 bits per heavy atom. The molecule has 3 N–H and O–H groups in total. The lowest BCUT2D eigenvalue weighted by Gasteiger charge is -2.22. The fraction of sp³-hybridized carbons (Fsp3) is 0.583. The third-order valence-electron chi connectivity index (χ3n) is 2.43. The van der Waals surface area contributed by atoms with E-state index in [2.05, 4.69) is 22.2 Å². The van der Waals surface area contributed by atoms with Gasteiger partial charge in [-0.1, -0.05) is 13.3 Å². The molecule has 100 valence electrons. The van der Waals surface area contributed by atoms with Gasteiger partial charge in [0, 0.05) is 13.1 Å². The fourth-order valence-corrected chi connectivity index (χ4v) is 1.59. The van der Waals surface area contributed by atoms with E-state index in [9.17, 15) is 4.79 Å². The number of nitrogens with two attached hydrogens (primary N) is 1. The maximum absolute atomic E-state index is 11.1. The SMILES string of the molecule is CCCCN(CC(N)=O)c1cncc(NCC)n1. The minimum absolute atomic E-state index is 0.171. The van der Waals surface area contributed by atoms with Crippen LogP contribution in [0.1, 0.15) is 26.7 Å². The Kier molecular flexibility index (Phi) is 5.90. The Balaban J connectivity index is 2.81. The van der Waals surface area contributed by atoms with Gasteiger partial charge < -0.3 is 16.0 Å². The number of anilines is 2. The third kappa shape index (κ3) is 4.57. The van der Waals surface area contributed by atoms with Gasteiger partial charge in [-0.25, -0.2) is 4.98 Å². The van der Waals surface area contributed by atoms with Crippen molar-refractivity contribution >= 4 is 17.5 Å². The molecule has 0 radical (unpaired) electrons. The minimum atomic E-state index is -0.359. The predicted molar refractivity (Wildman–Crippen MR) is 72.5 cm³/mol. The van der Waals surface area contributed by atoms with E-state index in [1.165, 1.54) is 0 Å². The zero-order chi connectivity index (χ0) is 13.4. The molecule has 6 nitrogen and oxygen atoms in total. The summed E-state index contributed by atoms with van der Waals surface area (Å²) < 4.78 is 0. The van der Waals surface area contributed by atoms with Gasteiger partial charge in [-0.2, -0.15) is 0 Å². The molecular formula is C12H21N5O. The molecule has 0 aliphatic heterocycles. The molecule has 0 spiro atoms. The largest absolute Gasteiger partial charge is 0.369 e. The Bertz CT molecular complexity index is 382. The highest BCUT2D eigenvalue weighted by Gasteiger charge is 2.11. The second-order valence-electron chi connectivity index (χ2n) is 4.03. The molecular weight excluding hydrogens is 230 g/mol. The first-order chi connectivity index (χ1) is 8.67. The van der Waals surface area contributed by atoms with Crippen molar-refractivity contribution in [1.82, 2.24) is 9.97 Å². The Morgan fingerprint density at radius 3 is 2.83 bits per heavy atom. The molecule has 1 amide bonds. The highest BCUT2D eigenvalue weighted by atomic mass is 16.1. The average Bonchev–Trinajstić information content (AvgIpc) is 2.35. The van der Waals surface area contributed by atoms with Crippen molar-refractivity contribution in [3.8, 4) is 0 Å². The number of carbonyl (C=O) groups excluding carboxylic acids is 1. The van der Waals surface area contributed by atoms with Crippen molar-refractivity contribution in [2.24, 2.45) is 5.73 Å². The van der Waals surface area contributed by atoms with Gasteiger partial charge in [-0.3, -0.25) is 9.78 Å². The number of aromatic nitrogens is 2.